The average molecular weight is 403 g/mol. The summed E-state index contributed by atoms with van der Waals surface area (Å²) in [4.78, 5) is 12.9. The topological polar surface area (TPSA) is 43.3 Å². The van der Waals surface area contributed by atoms with Crippen LogP contribution in [-0.4, -0.2) is 30.2 Å². The number of fused-ring (bicyclic) bond motifs is 1. The van der Waals surface area contributed by atoms with Crippen LogP contribution in [0.5, 0.6) is 0 Å². The molecular formula is C23H31ClN2O2. The van der Waals surface area contributed by atoms with Gasteiger partial charge in [0.25, 0.3) is 5.91 Å². The molecule has 0 atom stereocenters. The molecule has 2 aromatic rings. The molecule has 2 fully saturated rings. The number of amides is 1. The highest BCUT2D eigenvalue weighted by molar-refractivity contribution is 6.36. The Kier molecular flexibility index (Phi) is 6.58. The summed E-state index contributed by atoms with van der Waals surface area (Å²) in [5, 5.41) is 4.68. The van der Waals surface area contributed by atoms with Crippen LogP contribution < -0.4 is 5.32 Å². The van der Waals surface area contributed by atoms with Crippen molar-refractivity contribution in [2.24, 2.45) is 11.8 Å². The fourth-order valence-electron chi connectivity index (χ4n) is 4.58. The highest BCUT2D eigenvalue weighted by Crippen LogP contribution is 2.30. The van der Waals surface area contributed by atoms with Crippen LogP contribution in [0.4, 0.5) is 0 Å². The van der Waals surface area contributed by atoms with Crippen LogP contribution in [0.2, 0.25) is 5.02 Å². The first-order chi connectivity index (χ1) is 13.7. The maximum atomic E-state index is 12.9. The average Bonchev–Trinajstić information content (AvgIpc) is 2.83. The first-order valence-electron chi connectivity index (χ1n) is 10.9. The Hall–Kier alpha value is -1.52. The summed E-state index contributed by atoms with van der Waals surface area (Å²) in [6, 6.07) is 5.89. The number of rotatable bonds is 7. The van der Waals surface area contributed by atoms with Gasteiger partial charge in [0.15, 0.2) is 0 Å². The predicted octanol–water partition coefficient (Wildman–Crippen LogP) is 5.42. The van der Waals surface area contributed by atoms with Crippen molar-refractivity contribution in [2.45, 2.75) is 57.9 Å². The van der Waals surface area contributed by atoms with E-state index in [1.807, 2.05) is 18.3 Å². The van der Waals surface area contributed by atoms with Crippen molar-refractivity contribution in [1.82, 2.24) is 9.88 Å². The van der Waals surface area contributed by atoms with Gasteiger partial charge in [-0.2, -0.15) is 0 Å². The smallest absolute Gasteiger partial charge is 0.253 e. The second kappa shape index (κ2) is 9.32. The van der Waals surface area contributed by atoms with Gasteiger partial charge in [0.1, 0.15) is 0 Å². The van der Waals surface area contributed by atoms with E-state index in [-0.39, 0.29) is 5.91 Å². The third kappa shape index (κ3) is 4.55. The maximum Gasteiger partial charge on any atom is 0.253 e. The molecule has 1 N–H and O–H groups in total. The van der Waals surface area contributed by atoms with Gasteiger partial charge in [-0.3, -0.25) is 4.79 Å². The Morgan fingerprint density at radius 3 is 2.61 bits per heavy atom. The van der Waals surface area contributed by atoms with Crippen LogP contribution in [0.1, 0.15) is 61.7 Å². The standard InChI is InChI=1S/C23H31ClN2O2/c24-20-8-5-9-21-22(20)19(14-26(21)13-11-18-15-28-16-18)23(27)25-12-10-17-6-3-1-2-4-7-17/h5,8-9,14,17-18H,1-4,6-7,10-13,15-16H2,(H,25,27). The highest BCUT2D eigenvalue weighted by atomic mass is 35.5. The summed E-state index contributed by atoms with van der Waals surface area (Å²) in [5.74, 6) is 1.39. The zero-order chi connectivity index (χ0) is 19.3. The Bertz CT molecular complexity index is 804. The molecule has 0 unspecified atom stereocenters. The largest absolute Gasteiger partial charge is 0.381 e. The fourth-order valence-corrected chi connectivity index (χ4v) is 4.85. The molecule has 1 aromatic carbocycles. The number of carbonyl (C=O) groups excluding carboxylic acids is 1. The number of ether oxygens (including phenoxy) is 1. The molecule has 1 saturated carbocycles. The van der Waals surface area contributed by atoms with Gasteiger partial charge in [0.05, 0.1) is 29.3 Å². The van der Waals surface area contributed by atoms with Gasteiger partial charge in [0.2, 0.25) is 0 Å². The van der Waals surface area contributed by atoms with Crippen molar-refractivity contribution in [2.75, 3.05) is 19.8 Å². The van der Waals surface area contributed by atoms with E-state index in [4.69, 9.17) is 16.3 Å². The molecule has 152 valence electrons. The number of nitrogens with one attached hydrogen (secondary N) is 1. The molecule has 0 spiro atoms. The summed E-state index contributed by atoms with van der Waals surface area (Å²) in [6.07, 6.45) is 12.2. The molecule has 1 saturated heterocycles. The number of halogens is 1. The lowest BCUT2D eigenvalue weighted by Crippen LogP contribution is -2.28. The first kappa shape index (κ1) is 19.8. The van der Waals surface area contributed by atoms with Crippen molar-refractivity contribution in [3.63, 3.8) is 0 Å². The molecule has 0 bridgehead atoms. The number of aryl methyl sites for hydroxylation is 1. The molecule has 1 aromatic heterocycles. The van der Waals surface area contributed by atoms with Crippen molar-refractivity contribution in [3.05, 3.63) is 35.0 Å². The summed E-state index contributed by atoms with van der Waals surface area (Å²) in [6.45, 7) is 3.35. The van der Waals surface area contributed by atoms with Gasteiger partial charge in [-0.15, -0.1) is 0 Å². The number of hydrogen-bond acceptors (Lipinski definition) is 2. The molecule has 1 aliphatic carbocycles. The minimum atomic E-state index is -0.00236. The summed E-state index contributed by atoms with van der Waals surface area (Å²) in [7, 11) is 0. The summed E-state index contributed by atoms with van der Waals surface area (Å²) < 4.78 is 7.46. The molecular weight excluding hydrogens is 372 g/mol. The van der Waals surface area contributed by atoms with Crippen molar-refractivity contribution < 1.29 is 9.53 Å². The lowest BCUT2D eigenvalue weighted by molar-refractivity contribution is -0.0370. The Morgan fingerprint density at radius 1 is 1.11 bits per heavy atom. The summed E-state index contributed by atoms with van der Waals surface area (Å²) in [5.41, 5.74) is 1.74. The van der Waals surface area contributed by atoms with Crippen LogP contribution in [0.25, 0.3) is 10.9 Å². The van der Waals surface area contributed by atoms with Crippen LogP contribution in [0.15, 0.2) is 24.4 Å². The Morgan fingerprint density at radius 2 is 1.89 bits per heavy atom. The van der Waals surface area contributed by atoms with Crippen molar-refractivity contribution in [3.8, 4) is 0 Å². The van der Waals surface area contributed by atoms with E-state index < -0.39 is 0 Å². The normalized spacial score (nSPS) is 18.8. The van der Waals surface area contributed by atoms with E-state index >= 15 is 0 Å². The summed E-state index contributed by atoms with van der Waals surface area (Å²) >= 11 is 6.48. The van der Waals surface area contributed by atoms with Gasteiger partial charge in [0, 0.05) is 30.6 Å². The van der Waals surface area contributed by atoms with E-state index in [0.29, 0.717) is 16.5 Å². The van der Waals surface area contributed by atoms with Gasteiger partial charge >= 0.3 is 0 Å². The molecule has 2 heterocycles. The molecule has 1 aliphatic heterocycles. The quantitative estimate of drug-likeness (QED) is 0.628. The number of nitrogens with zero attached hydrogens (tertiary/aromatic N) is 1. The van der Waals surface area contributed by atoms with E-state index in [9.17, 15) is 4.79 Å². The van der Waals surface area contributed by atoms with Gasteiger partial charge in [-0.1, -0.05) is 56.2 Å². The minimum absolute atomic E-state index is 0.00236. The van der Waals surface area contributed by atoms with Gasteiger partial charge < -0.3 is 14.6 Å². The van der Waals surface area contributed by atoms with E-state index in [1.165, 1.54) is 38.5 Å². The van der Waals surface area contributed by atoms with Crippen LogP contribution >= 0.6 is 11.6 Å². The SMILES string of the molecule is O=C(NCCC1CCCCCC1)c1cn(CCC2COC2)c2cccc(Cl)c12. The fraction of sp³-hybridized carbons (Fsp3) is 0.609. The van der Waals surface area contributed by atoms with E-state index in [2.05, 4.69) is 16.0 Å². The lowest BCUT2D eigenvalue weighted by Gasteiger charge is -2.26. The van der Waals surface area contributed by atoms with Gasteiger partial charge in [-0.05, 0) is 30.9 Å². The first-order valence-corrected chi connectivity index (χ1v) is 11.2. The van der Waals surface area contributed by atoms with E-state index in [1.54, 1.807) is 0 Å². The number of hydrogen-bond donors (Lipinski definition) is 1. The Labute approximate surface area is 172 Å². The van der Waals surface area contributed by atoms with E-state index in [0.717, 1.165) is 56.0 Å². The molecule has 1 amide bonds. The zero-order valence-electron chi connectivity index (χ0n) is 16.6. The van der Waals surface area contributed by atoms with Crippen LogP contribution in [-0.2, 0) is 11.3 Å². The maximum absolute atomic E-state index is 12.9. The second-order valence-corrected chi connectivity index (χ2v) is 8.87. The predicted molar refractivity (Wildman–Crippen MR) is 114 cm³/mol. The van der Waals surface area contributed by atoms with Crippen LogP contribution in [0.3, 0.4) is 0 Å². The van der Waals surface area contributed by atoms with Crippen LogP contribution in [0, 0.1) is 11.8 Å². The molecule has 0 radical (unpaired) electrons. The molecule has 28 heavy (non-hydrogen) atoms. The minimum Gasteiger partial charge on any atom is -0.381 e. The number of carbonyl (C=O) groups is 1. The van der Waals surface area contributed by atoms with Gasteiger partial charge in [-0.25, -0.2) is 0 Å². The number of benzene rings is 1. The lowest BCUT2D eigenvalue weighted by atomic mass is 9.97. The molecule has 5 heteroatoms. The third-order valence-electron chi connectivity index (χ3n) is 6.40. The molecule has 4 rings (SSSR count). The van der Waals surface area contributed by atoms with Crippen molar-refractivity contribution in [1.29, 1.82) is 0 Å². The zero-order valence-corrected chi connectivity index (χ0v) is 17.3. The number of aromatic nitrogens is 1. The molecule has 2 aliphatic rings. The molecule has 4 nitrogen and oxygen atoms in total. The highest BCUT2D eigenvalue weighted by Gasteiger charge is 2.21. The third-order valence-corrected chi connectivity index (χ3v) is 6.71. The monoisotopic (exact) mass is 402 g/mol. The Balaban J connectivity index is 1.43. The second-order valence-electron chi connectivity index (χ2n) is 8.46. The van der Waals surface area contributed by atoms with Crippen molar-refractivity contribution >= 4 is 28.4 Å².